The number of oxime groups is 1. The Hall–Kier alpha value is -4.49. The quantitative estimate of drug-likeness (QED) is 0.0545. The second-order valence-corrected chi connectivity index (χ2v) is 13.1. The van der Waals surface area contributed by atoms with Crippen molar-refractivity contribution in [2.75, 3.05) is 18.9 Å². The molecule has 0 bridgehead atoms. The Bertz CT molecular complexity index is 1780. The van der Waals surface area contributed by atoms with Crippen LogP contribution in [0.25, 0.3) is 11.1 Å². The number of nitrogens with two attached hydrogens (primary N) is 2. The number of anilines is 1. The molecule has 3 aromatic rings. The van der Waals surface area contributed by atoms with Crippen LogP contribution in [0.15, 0.2) is 53.1 Å². The zero-order chi connectivity index (χ0) is 34.5. The summed E-state index contributed by atoms with van der Waals surface area (Å²) in [6.07, 6.45) is 1.63. The van der Waals surface area contributed by atoms with Crippen LogP contribution in [0.2, 0.25) is 0 Å². The van der Waals surface area contributed by atoms with E-state index in [1.54, 1.807) is 12.1 Å². The second kappa shape index (κ2) is 14.5. The topological polar surface area (TPSA) is 238 Å². The number of amides is 1. The summed E-state index contributed by atoms with van der Waals surface area (Å²) in [6, 6.07) is 11.1. The number of carboxylic acid groups (broad SMARTS) is 1. The van der Waals surface area contributed by atoms with Gasteiger partial charge in [-0.3, -0.25) is 14.1 Å². The van der Waals surface area contributed by atoms with Crippen molar-refractivity contribution in [1.82, 2.24) is 10.0 Å². The van der Waals surface area contributed by atoms with E-state index in [1.165, 1.54) is 19.2 Å². The van der Waals surface area contributed by atoms with Crippen LogP contribution in [0.3, 0.4) is 0 Å². The fourth-order valence-electron chi connectivity index (χ4n) is 4.82. The number of aliphatic carboxylic acids is 1. The van der Waals surface area contributed by atoms with Gasteiger partial charge in [0, 0.05) is 29.9 Å². The van der Waals surface area contributed by atoms with Crippen molar-refractivity contribution < 1.29 is 50.9 Å². The Balaban J connectivity index is 1.44. The molecular formula is C29H35N6O10S2+. The molecule has 1 amide bonds. The number of pyridine rings is 1. The smallest absolute Gasteiger partial charge is 0.418 e. The predicted molar refractivity (Wildman–Crippen MR) is 168 cm³/mol. The molecule has 0 aliphatic carbocycles. The van der Waals surface area contributed by atoms with E-state index in [0.717, 1.165) is 41.0 Å². The number of nitrogens with zero attached hydrogens (tertiary/aromatic N) is 4. The molecule has 2 aromatic heterocycles. The molecule has 0 saturated carbocycles. The number of hydroxylamine groups is 2. The number of thiazole rings is 1. The van der Waals surface area contributed by atoms with Crippen LogP contribution in [-0.4, -0.2) is 76.3 Å². The molecule has 1 saturated heterocycles. The number of hydrogen-bond donors (Lipinski definition) is 4. The molecule has 0 spiro atoms. The maximum Gasteiger partial charge on any atom is 0.418 e. The Morgan fingerprint density at radius 3 is 2.43 bits per heavy atom. The van der Waals surface area contributed by atoms with Gasteiger partial charge < -0.3 is 26.1 Å². The molecule has 1 aliphatic heterocycles. The highest BCUT2D eigenvalue weighted by atomic mass is 32.3. The van der Waals surface area contributed by atoms with Gasteiger partial charge in [-0.2, -0.15) is 13.5 Å². The molecular weight excluding hydrogens is 656 g/mol. The zero-order valence-electron chi connectivity index (χ0n) is 25.7. The summed E-state index contributed by atoms with van der Waals surface area (Å²) in [5, 5.41) is 15.5. The van der Waals surface area contributed by atoms with Crippen LogP contribution in [0, 0.1) is 5.92 Å². The van der Waals surface area contributed by atoms with E-state index in [1.807, 2.05) is 42.1 Å². The fourth-order valence-corrected chi connectivity index (χ4v) is 5.82. The van der Waals surface area contributed by atoms with Crippen LogP contribution in [-0.2, 0) is 47.4 Å². The molecule has 47 heavy (non-hydrogen) atoms. The molecule has 252 valence electrons. The summed E-state index contributed by atoms with van der Waals surface area (Å²) in [5.74, 6) is -3.78. The van der Waals surface area contributed by atoms with E-state index >= 15 is 0 Å². The van der Waals surface area contributed by atoms with Gasteiger partial charge in [-0.25, -0.2) is 14.3 Å². The Labute approximate surface area is 274 Å². The lowest BCUT2D eigenvalue weighted by Gasteiger charge is -2.50. The van der Waals surface area contributed by atoms with Gasteiger partial charge >= 0.3 is 16.4 Å². The van der Waals surface area contributed by atoms with Crippen LogP contribution in [0.5, 0.6) is 5.75 Å². The van der Waals surface area contributed by atoms with Gasteiger partial charge in [0.15, 0.2) is 28.5 Å². The van der Waals surface area contributed by atoms with Gasteiger partial charge in [0.25, 0.3) is 12.0 Å². The molecule has 1 unspecified atom stereocenters. The lowest BCUT2D eigenvalue weighted by molar-refractivity contribution is -0.678. The lowest BCUT2D eigenvalue weighted by Crippen LogP contribution is -2.68. The van der Waals surface area contributed by atoms with Crippen LogP contribution in [0.4, 0.5) is 5.13 Å². The molecule has 4 rings (SSSR count). The molecule has 1 aliphatic rings. The SMILES string of the molecule is C[n+]1cc(-c2ccc(OCC(O/N=C(\C(=O)C[C@@H]3C(=O)N(OS(=O)(=O)O)C3(C)C)c3csc(N)n3)C(=O)O)cc2)ccc1CCCN. The average Bonchev–Trinajstić information content (AvgIpc) is 3.44. The number of nitrogen functional groups attached to an aromatic ring is 1. The number of carboxylic acids is 1. The van der Waals surface area contributed by atoms with Crippen molar-refractivity contribution in [2.45, 2.75) is 44.8 Å². The highest BCUT2D eigenvalue weighted by molar-refractivity contribution is 7.80. The van der Waals surface area contributed by atoms with Crippen LogP contribution >= 0.6 is 11.3 Å². The number of benzene rings is 1. The highest BCUT2D eigenvalue weighted by Gasteiger charge is 2.57. The summed E-state index contributed by atoms with van der Waals surface area (Å²) in [5.41, 5.74) is 12.6. The van der Waals surface area contributed by atoms with Gasteiger partial charge in [0.2, 0.25) is 0 Å². The monoisotopic (exact) mass is 691 g/mol. The number of hydrogen-bond acceptors (Lipinski definition) is 13. The number of carbonyl (C=O) groups is 3. The summed E-state index contributed by atoms with van der Waals surface area (Å²) in [7, 11) is -3.02. The van der Waals surface area contributed by atoms with Gasteiger partial charge in [0.1, 0.15) is 25.1 Å². The van der Waals surface area contributed by atoms with Crippen molar-refractivity contribution in [3.8, 4) is 16.9 Å². The molecule has 2 atom stereocenters. The van der Waals surface area contributed by atoms with E-state index in [0.29, 0.717) is 17.4 Å². The summed E-state index contributed by atoms with van der Waals surface area (Å²) in [6.45, 7) is 3.00. The number of carbonyl (C=O) groups excluding carboxylic acids is 2. The minimum absolute atomic E-state index is 0.0189. The van der Waals surface area contributed by atoms with Crippen molar-refractivity contribution >= 4 is 50.2 Å². The van der Waals surface area contributed by atoms with E-state index in [-0.39, 0.29) is 10.8 Å². The highest BCUT2D eigenvalue weighted by Crippen LogP contribution is 2.40. The number of rotatable bonds is 16. The third kappa shape index (κ3) is 8.66. The third-order valence-electron chi connectivity index (χ3n) is 7.48. The zero-order valence-corrected chi connectivity index (χ0v) is 27.4. The largest absolute Gasteiger partial charge is 0.489 e. The lowest BCUT2D eigenvalue weighted by atomic mass is 9.74. The van der Waals surface area contributed by atoms with E-state index in [9.17, 15) is 27.9 Å². The standard InChI is InChI=1S/C29H34N6O10S2/c1-29(2)21(26(37)35(29)45-47(40,41)42)13-23(36)25(22-16-46-28(31)32-22)33-44-24(27(38)39)15-43-20-10-7-17(8-11-20)18-6-9-19(5-4-12-30)34(3)14-18/h6-11,14,16,21,24H,4-5,12-13,15,30H2,1-3H3,(H3-,31,32,38,39,40,41,42)/p+1/b33-25-/t21-,24?/m1/s1. The number of ketones is 1. The minimum atomic E-state index is -4.99. The molecule has 0 radical (unpaired) electrons. The van der Waals surface area contributed by atoms with Gasteiger partial charge in [-0.1, -0.05) is 17.3 Å². The van der Waals surface area contributed by atoms with Crippen molar-refractivity contribution in [1.29, 1.82) is 0 Å². The maximum absolute atomic E-state index is 13.3. The van der Waals surface area contributed by atoms with Crippen molar-refractivity contribution in [3.63, 3.8) is 0 Å². The molecule has 16 nitrogen and oxygen atoms in total. The second-order valence-electron chi connectivity index (χ2n) is 11.2. The minimum Gasteiger partial charge on any atom is -0.489 e. The number of β-lactam (4-membered cyclic amide) rings is 1. The van der Waals surface area contributed by atoms with Gasteiger partial charge in [0.05, 0.1) is 11.5 Å². The Morgan fingerprint density at radius 2 is 1.87 bits per heavy atom. The first-order valence-electron chi connectivity index (χ1n) is 14.2. The molecule has 1 fully saturated rings. The molecule has 1 aromatic carbocycles. The first-order chi connectivity index (χ1) is 22.1. The number of Topliss-reactive ketones (excluding diaryl/α,β-unsaturated/α-hetero) is 1. The van der Waals surface area contributed by atoms with Crippen molar-refractivity contribution in [2.24, 2.45) is 23.9 Å². The maximum atomic E-state index is 13.3. The molecule has 3 heterocycles. The summed E-state index contributed by atoms with van der Waals surface area (Å²) in [4.78, 5) is 47.1. The fraction of sp³-hybridized carbons (Fsp3) is 0.379. The average molecular weight is 692 g/mol. The number of ether oxygens (including phenoxy) is 1. The first kappa shape index (κ1) is 35.4. The summed E-state index contributed by atoms with van der Waals surface area (Å²) < 4.78 is 43.2. The summed E-state index contributed by atoms with van der Waals surface area (Å²) >= 11 is 0.989. The number of aryl methyl sites for hydroxylation is 2. The van der Waals surface area contributed by atoms with Crippen molar-refractivity contribution in [3.05, 3.63) is 59.4 Å². The molecule has 18 heteroatoms. The molecule has 6 N–H and O–H groups in total. The number of aromatic nitrogens is 2. The van der Waals surface area contributed by atoms with E-state index in [4.69, 9.17) is 25.6 Å². The van der Waals surface area contributed by atoms with E-state index < -0.39 is 64.4 Å². The Kier molecular flexibility index (Phi) is 10.9. The van der Waals surface area contributed by atoms with Crippen LogP contribution < -0.4 is 20.8 Å². The van der Waals surface area contributed by atoms with E-state index in [2.05, 4.69) is 14.4 Å². The van der Waals surface area contributed by atoms with Gasteiger partial charge in [-0.05, 0) is 50.6 Å². The van der Waals surface area contributed by atoms with Gasteiger partial charge in [-0.15, -0.1) is 15.6 Å². The van der Waals surface area contributed by atoms with Crippen LogP contribution in [0.1, 0.15) is 38.1 Å². The normalized spacial score (nSPS) is 16.8. The predicted octanol–water partition coefficient (Wildman–Crippen LogP) is 1.29. The Morgan fingerprint density at radius 1 is 1.19 bits per heavy atom. The first-order valence-corrected chi connectivity index (χ1v) is 16.5. The third-order valence-corrected chi connectivity index (χ3v) is 8.49.